The predicted molar refractivity (Wildman–Crippen MR) is 86.1 cm³/mol. The molecule has 0 spiro atoms. The molecule has 1 amide bonds. The average molecular weight is 310 g/mol. The van der Waals surface area contributed by atoms with E-state index in [1.165, 1.54) is 0 Å². The van der Waals surface area contributed by atoms with Gasteiger partial charge < -0.3 is 10.6 Å². The summed E-state index contributed by atoms with van der Waals surface area (Å²) >= 11 is 1.74. The molecule has 19 heavy (non-hydrogen) atoms. The first-order valence-corrected chi connectivity index (χ1v) is 8.30. The molecule has 4 nitrogen and oxygen atoms in total. The summed E-state index contributed by atoms with van der Waals surface area (Å²) in [5, 5.41) is 0. The quantitative estimate of drug-likeness (QED) is 0.773. The zero-order chi connectivity index (χ0) is 13.5. The van der Waals surface area contributed by atoms with Gasteiger partial charge in [0, 0.05) is 19.1 Å². The maximum absolute atomic E-state index is 12.2. The Bertz CT molecular complexity index is 264. The third-order valence-corrected chi connectivity index (χ3v) is 4.40. The number of carbonyl (C=O) groups is 1. The van der Waals surface area contributed by atoms with Crippen LogP contribution in [0, 0.1) is 0 Å². The lowest BCUT2D eigenvalue weighted by molar-refractivity contribution is -0.131. The maximum atomic E-state index is 12.2. The second-order valence-electron chi connectivity index (χ2n) is 4.84. The van der Waals surface area contributed by atoms with Crippen molar-refractivity contribution in [2.75, 3.05) is 38.2 Å². The summed E-state index contributed by atoms with van der Waals surface area (Å²) in [6.45, 7) is 8.19. The normalized spacial score (nSPS) is 20.5. The van der Waals surface area contributed by atoms with Crippen LogP contribution in [0.4, 0.5) is 0 Å². The molecule has 1 unspecified atom stereocenters. The number of likely N-dealkylation sites (tertiary alicyclic amines) is 1. The lowest BCUT2D eigenvalue weighted by Gasteiger charge is -2.26. The summed E-state index contributed by atoms with van der Waals surface area (Å²) in [6.07, 6.45) is 3.92. The van der Waals surface area contributed by atoms with Gasteiger partial charge in [-0.05, 0) is 37.9 Å². The van der Waals surface area contributed by atoms with Gasteiger partial charge in [0.05, 0.1) is 6.04 Å². The van der Waals surface area contributed by atoms with Gasteiger partial charge in [-0.2, -0.15) is 11.8 Å². The van der Waals surface area contributed by atoms with E-state index in [1.54, 1.807) is 11.8 Å². The van der Waals surface area contributed by atoms with Gasteiger partial charge in [-0.1, -0.05) is 13.8 Å². The molecule has 1 fully saturated rings. The molecular formula is C13H28ClN3OS. The molecule has 0 aromatic rings. The summed E-state index contributed by atoms with van der Waals surface area (Å²) in [7, 11) is 0. The molecule has 0 bridgehead atoms. The topological polar surface area (TPSA) is 49.6 Å². The first-order valence-electron chi connectivity index (χ1n) is 6.91. The molecule has 0 saturated carbocycles. The monoisotopic (exact) mass is 309 g/mol. The van der Waals surface area contributed by atoms with Gasteiger partial charge in [-0.15, -0.1) is 12.4 Å². The molecule has 1 saturated heterocycles. The summed E-state index contributed by atoms with van der Waals surface area (Å²) in [4.78, 5) is 16.6. The highest BCUT2D eigenvalue weighted by Crippen LogP contribution is 2.16. The molecule has 114 valence electrons. The smallest absolute Gasteiger partial charge is 0.239 e. The molecular weight excluding hydrogens is 282 g/mol. The maximum Gasteiger partial charge on any atom is 0.239 e. The van der Waals surface area contributed by atoms with Crippen LogP contribution in [0.25, 0.3) is 0 Å². The number of likely N-dealkylation sites (N-methyl/N-ethyl adjacent to an activating group) is 1. The lowest BCUT2D eigenvalue weighted by atomic mass is 10.2. The van der Waals surface area contributed by atoms with Crippen molar-refractivity contribution in [3.05, 3.63) is 0 Å². The van der Waals surface area contributed by atoms with Crippen molar-refractivity contribution in [1.82, 2.24) is 9.80 Å². The van der Waals surface area contributed by atoms with E-state index in [0.717, 1.165) is 44.8 Å². The van der Waals surface area contributed by atoms with Gasteiger partial charge in [0.1, 0.15) is 0 Å². The van der Waals surface area contributed by atoms with Crippen molar-refractivity contribution >= 4 is 30.1 Å². The van der Waals surface area contributed by atoms with Crippen molar-refractivity contribution in [3.8, 4) is 0 Å². The van der Waals surface area contributed by atoms with Gasteiger partial charge in [-0.25, -0.2) is 0 Å². The van der Waals surface area contributed by atoms with Gasteiger partial charge in [-0.3, -0.25) is 9.69 Å². The third kappa shape index (κ3) is 5.50. The number of nitrogens with zero attached hydrogens (tertiary/aromatic N) is 2. The Morgan fingerprint density at radius 2 is 2.11 bits per heavy atom. The molecule has 1 rings (SSSR count). The van der Waals surface area contributed by atoms with Crippen LogP contribution in [0.15, 0.2) is 0 Å². The molecule has 0 aromatic carbocycles. The number of amides is 1. The minimum Gasteiger partial charge on any atom is -0.340 e. The van der Waals surface area contributed by atoms with Crippen LogP contribution >= 0.6 is 24.2 Å². The molecule has 1 aliphatic heterocycles. The SMILES string of the molecule is CCN(CC)C1CCN(C(=O)[C@@H](N)CCSC)C1.Cl. The van der Waals surface area contributed by atoms with Crippen molar-refractivity contribution in [2.45, 2.75) is 38.8 Å². The number of rotatable bonds is 7. The van der Waals surface area contributed by atoms with E-state index in [4.69, 9.17) is 5.73 Å². The predicted octanol–water partition coefficient (Wildman–Crippen LogP) is 1.43. The third-order valence-electron chi connectivity index (χ3n) is 3.75. The molecule has 0 radical (unpaired) electrons. The van der Waals surface area contributed by atoms with Crippen molar-refractivity contribution in [2.24, 2.45) is 5.73 Å². The molecule has 0 aromatic heterocycles. The fourth-order valence-electron chi connectivity index (χ4n) is 2.58. The second kappa shape index (κ2) is 9.86. The molecule has 0 aliphatic carbocycles. The average Bonchev–Trinajstić information content (AvgIpc) is 2.86. The first kappa shape index (κ1) is 19.0. The number of hydrogen-bond donors (Lipinski definition) is 1. The Hall–Kier alpha value is 0.0300. The Morgan fingerprint density at radius 3 is 2.63 bits per heavy atom. The molecule has 2 atom stereocenters. The summed E-state index contributed by atoms with van der Waals surface area (Å²) in [5.41, 5.74) is 5.95. The van der Waals surface area contributed by atoms with Crippen LogP contribution in [0.3, 0.4) is 0 Å². The van der Waals surface area contributed by atoms with Crippen molar-refractivity contribution in [3.63, 3.8) is 0 Å². The summed E-state index contributed by atoms with van der Waals surface area (Å²) in [6, 6.07) is 0.213. The van der Waals surface area contributed by atoms with Crippen LogP contribution in [0.1, 0.15) is 26.7 Å². The van der Waals surface area contributed by atoms with E-state index in [0.29, 0.717) is 6.04 Å². The summed E-state index contributed by atoms with van der Waals surface area (Å²) in [5.74, 6) is 1.10. The van der Waals surface area contributed by atoms with Gasteiger partial charge >= 0.3 is 0 Å². The lowest BCUT2D eigenvalue weighted by Crippen LogP contribution is -2.45. The second-order valence-corrected chi connectivity index (χ2v) is 5.82. The van der Waals surface area contributed by atoms with Crippen molar-refractivity contribution < 1.29 is 4.79 Å². The fourth-order valence-corrected chi connectivity index (χ4v) is 3.07. The molecule has 2 N–H and O–H groups in total. The zero-order valence-corrected chi connectivity index (χ0v) is 13.9. The van der Waals surface area contributed by atoms with E-state index >= 15 is 0 Å². The van der Waals surface area contributed by atoms with Gasteiger partial charge in [0.15, 0.2) is 0 Å². The Morgan fingerprint density at radius 1 is 1.47 bits per heavy atom. The van der Waals surface area contributed by atoms with Crippen LogP contribution in [0.2, 0.25) is 0 Å². The van der Waals surface area contributed by atoms with E-state index in [9.17, 15) is 4.79 Å². The highest BCUT2D eigenvalue weighted by molar-refractivity contribution is 7.98. The number of hydrogen-bond acceptors (Lipinski definition) is 4. The van der Waals surface area contributed by atoms with E-state index in [-0.39, 0.29) is 24.4 Å². The minimum atomic E-state index is -0.312. The number of thioether (sulfide) groups is 1. The number of carbonyl (C=O) groups excluding carboxylic acids is 1. The van der Waals surface area contributed by atoms with Crippen LogP contribution < -0.4 is 5.73 Å². The van der Waals surface area contributed by atoms with Gasteiger partial charge in [0.25, 0.3) is 0 Å². The van der Waals surface area contributed by atoms with Crippen molar-refractivity contribution in [1.29, 1.82) is 0 Å². The number of halogens is 1. The molecule has 1 heterocycles. The highest BCUT2D eigenvalue weighted by Gasteiger charge is 2.31. The van der Waals surface area contributed by atoms with Crippen LogP contribution in [-0.2, 0) is 4.79 Å². The largest absolute Gasteiger partial charge is 0.340 e. The van der Waals surface area contributed by atoms with Crippen LogP contribution in [-0.4, -0.2) is 66.0 Å². The Kier molecular flexibility index (Phi) is 9.87. The van der Waals surface area contributed by atoms with Crippen LogP contribution in [0.5, 0.6) is 0 Å². The zero-order valence-electron chi connectivity index (χ0n) is 12.3. The van der Waals surface area contributed by atoms with E-state index in [1.807, 2.05) is 11.2 Å². The standard InChI is InChI=1S/C13H27N3OS.ClH/c1-4-15(5-2)11-6-8-16(10-11)13(17)12(14)7-9-18-3;/h11-12H,4-10,14H2,1-3H3;1H/t11?,12-;/m0./s1. The Labute approximate surface area is 127 Å². The van der Waals surface area contributed by atoms with E-state index < -0.39 is 0 Å². The first-order chi connectivity index (χ1) is 8.63. The molecule has 1 aliphatic rings. The Balaban J connectivity index is 0.00000324. The number of nitrogens with two attached hydrogens (primary N) is 1. The minimum absolute atomic E-state index is 0. The van der Waals surface area contributed by atoms with E-state index in [2.05, 4.69) is 18.7 Å². The fraction of sp³-hybridized carbons (Fsp3) is 0.923. The van der Waals surface area contributed by atoms with Gasteiger partial charge in [0.2, 0.25) is 5.91 Å². The highest BCUT2D eigenvalue weighted by atomic mass is 35.5. The summed E-state index contributed by atoms with van der Waals surface area (Å²) < 4.78 is 0. The molecule has 6 heteroatoms.